The minimum atomic E-state index is 0.0752. The summed E-state index contributed by atoms with van der Waals surface area (Å²) in [5, 5.41) is 12.2. The standard InChI is InChI=1S/C13H20N4O/c1-13(2,4-5-18-3)9-17-12-10(7-14)6-11(15)8-16-12/h6,8H,4-5,9,15H2,1-3H3,(H,16,17). The van der Waals surface area contributed by atoms with E-state index in [0.717, 1.165) is 19.6 Å². The highest BCUT2D eigenvalue weighted by atomic mass is 16.5. The molecule has 98 valence electrons. The highest BCUT2D eigenvalue weighted by Crippen LogP contribution is 2.22. The van der Waals surface area contributed by atoms with Crippen LogP contribution in [0.5, 0.6) is 0 Å². The average Bonchev–Trinajstić information content (AvgIpc) is 2.35. The van der Waals surface area contributed by atoms with Gasteiger partial charge >= 0.3 is 0 Å². The molecule has 0 fully saturated rings. The number of hydrogen-bond acceptors (Lipinski definition) is 5. The predicted molar refractivity (Wildman–Crippen MR) is 72.1 cm³/mol. The fourth-order valence-corrected chi connectivity index (χ4v) is 1.50. The van der Waals surface area contributed by atoms with Crippen LogP contribution in [0.4, 0.5) is 11.5 Å². The van der Waals surface area contributed by atoms with Crippen LogP contribution in [-0.4, -0.2) is 25.2 Å². The van der Waals surface area contributed by atoms with E-state index < -0.39 is 0 Å². The van der Waals surface area contributed by atoms with Gasteiger partial charge in [0.25, 0.3) is 0 Å². The first kappa shape index (κ1) is 14.3. The van der Waals surface area contributed by atoms with Gasteiger partial charge in [-0.2, -0.15) is 5.26 Å². The Morgan fingerprint density at radius 2 is 2.28 bits per heavy atom. The molecule has 0 amide bonds. The lowest BCUT2D eigenvalue weighted by Crippen LogP contribution is -2.25. The van der Waals surface area contributed by atoms with Crippen LogP contribution < -0.4 is 11.1 Å². The maximum atomic E-state index is 9.01. The van der Waals surface area contributed by atoms with E-state index in [4.69, 9.17) is 15.7 Å². The van der Waals surface area contributed by atoms with E-state index in [2.05, 4.69) is 30.2 Å². The van der Waals surface area contributed by atoms with Gasteiger partial charge in [-0.1, -0.05) is 13.8 Å². The molecule has 0 unspecified atom stereocenters. The predicted octanol–water partition coefficient (Wildman–Crippen LogP) is 2.01. The fourth-order valence-electron chi connectivity index (χ4n) is 1.50. The summed E-state index contributed by atoms with van der Waals surface area (Å²) in [5.74, 6) is 0.581. The highest BCUT2D eigenvalue weighted by Gasteiger charge is 2.18. The SMILES string of the molecule is COCCC(C)(C)CNc1ncc(N)cc1C#N. The van der Waals surface area contributed by atoms with Crippen molar-refractivity contribution in [3.05, 3.63) is 17.8 Å². The van der Waals surface area contributed by atoms with Crippen LogP contribution in [0, 0.1) is 16.7 Å². The number of ether oxygens (including phenoxy) is 1. The summed E-state index contributed by atoms with van der Waals surface area (Å²) in [6.45, 7) is 5.72. The van der Waals surface area contributed by atoms with Crippen molar-refractivity contribution in [2.45, 2.75) is 20.3 Å². The zero-order valence-corrected chi connectivity index (χ0v) is 11.2. The highest BCUT2D eigenvalue weighted by molar-refractivity contribution is 5.57. The number of rotatable bonds is 6. The summed E-state index contributed by atoms with van der Waals surface area (Å²) in [6, 6.07) is 3.71. The van der Waals surface area contributed by atoms with Gasteiger partial charge in [-0.15, -0.1) is 0 Å². The molecule has 0 saturated carbocycles. The summed E-state index contributed by atoms with van der Waals surface area (Å²) in [7, 11) is 1.69. The number of aromatic nitrogens is 1. The first-order valence-electron chi connectivity index (χ1n) is 5.87. The number of anilines is 2. The molecule has 18 heavy (non-hydrogen) atoms. The van der Waals surface area contributed by atoms with Crippen LogP contribution in [0.3, 0.4) is 0 Å². The van der Waals surface area contributed by atoms with Gasteiger partial charge < -0.3 is 15.8 Å². The maximum Gasteiger partial charge on any atom is 0.144 e. The summed E-state index contributed by atoms with van der Waals surface area (Å²) in [4.78, 5) is 4.14. The summed E-state index contributed by atoms with van der Waals surface area (Å²) in [6.07, 6.45) is 2.48. The Kier molecular flexibility index (Phi) is 4.93. The van der Waals surface area contributed by atoms with E-state index in [0.29, 0.717) is 17.1 Å². The zero-order valence-electron chi connectivity index (χ0n) is 11.2. The topological polar surface area (TPSA) is 84.0 Å². The number of nitrogen functional groups attached to an aromatic ring is 1. The van der Waals surface area contributed by atoms with Crippen molar-refractivity contribution >= 4 is 11.5 Å². The number of nitrogens with two attached hydrogens (primary N) is 1. The van der Waals surface area contributed by atoms with Gasteiger partial charge in [-0.25, -0.2) is 4.98 Å². The van der Waals surface area contributed by atoms with Gasteiger partial charge in [0, 0.05) is 20.3 Å². The molecule has 0 aliphatic heterocycles. The third-order valence-electron chi connectivity index (χ3n) is 2.75. The second kappa shape index (κ2) is 6.22. The third kappa shape index (κ3) is 4.22. The molecule has 0 aromatic carbocycles. The molecule has 1 rings (SSSR count). The van der Waals surface area contributed by atoms with Crippen LogP contribution in [0.2, 0.25) is 0 Å². The van der Waals surface area contributed by atoms with Crippen LogP contribution in [0.25, 0.3) is 0 Å². The Labute approximate surface area is 108 Å². The van der Waals surface area contributed by atoms with Crippen molar-refractivity contribution in [2.24, 2.45) is 5.41 Å². The quantitative estimate of drug-likeness (QED) is 0.804. The first-order chi connectivity index (χ1) is 8.48. The molecule has 1 aromatic rings. The summed E-state index contributed by atoms with van der Waals surface area (Å²) >= 11 is 0. The number of nitrogens with one attached hydrogen (secondary N) is 1. The summed E-state index contributed by atoms with van der Waals surface area (Å²) < 4.78 is 5.08. The zero-order chi connectivity index (χ0) is 13.6. The number of nitriles is 1. The van der Waals surface area contributed by atoms with E-state index in [1.54, 1.807) is 19.4 Å². The number of nitrogens with zero attached hydrogens (tertiary/aromatic N) is 2. The van der Waals surface area contributed by atoms with E-state index >= 15 is 0 Å². The largest absolute Gasteiger partial charge is 0.397 e. The molecule has 0 bridgehead atoms. The molecule has 3 N–H and O–H groups in total. The molecule has 0 saturated heterocycles. The average molecular weight is 248 g/mol. The molecule has 5 nitrogen and oxygen atoms in total. The maximum absolute atomic E-state index is 9.01. The van der Waals surface area contributed by atoms with E-state index in [-0.39, 0.29) is 5.41 Å². The van der Waals surface area contributed by atoms with Crippen LogP contribution in [0.15, 0.2) is 12.3 Å². The lowest BCUT2D eigenvalue weighted by atomic mass is 9.89. The first-order valence-corrected chi connectivity index (χ1v) is 5.87. The minimum absolute atomic E-state index is 0.0752. The van der Waals surface area contributed by atoms with E-state index in [1.165, 1.54) is 0 Å². The Bertz CT molecular complexity index is 437. The summed E-state index contributed by atoms with van der Waals surface area (Å²) in [5.41, 5.74) is 6.63. The van der Waals surface area contributed by atoms with Gasteiger partial charge in [0.2, 0.25) is 0 Å². The molecule has 0 aliphatic carbocycles. The Morgan fingerprint density at radius 3 is 2.89 bits per heavy atom. The van der Waals surface area contributed by atoms with Gasteiger partial charge in [-0.3, -0.25) is 0 Å². The van der Waals surface area contributed by atoms with Crippen LogP contribution in [-0.2, 0) is 4.74 Å². The van der Waals surface area contributed by atoms with Crippen LogP contribution in [0.1, 0.15) is 25.8 Å². The molecule has 0 aliphatic rings. The van der Waals surface area contributed by atoms with E-state index in [9.17, 15) is 0 Å². The second-order valence-corrected chi connectivity index (χ2v) is 5.04. The van der Waals surface area contributed by atoms with Gasteiger partial charge in [-0.05, 0) is 17.9 Å². The molecule has 0 spiro atoms. The molecular weight excluding hydrogens is 228 g/mol. The molecule has 1 heterocycles. The number of pyridine rings is 1. The molecule has 0 atom stereocenters. The van der Waals surface area contributed by atoms with E-state index in [1.807, 2.05) is 0 Å². The minimum Gasteiger partial charge on any atom is -0.397 e. The number of methoxy groups -OCH3 is 1. The van der Waals surface area contributed by atoms with Gasteiger partial charge in [0.15, 0.2) is 0 Å². The normalized spacial score (nSPS) is 11.0. The third-order valence-corrected chi connectivity index (χ3v) is 2.75. The van der Waals surface area contributed by atoms with Crippen molar-refractivity contribution in [3.63, 3.8) is 0 Å². The van der Waals surface area contributed by atoms with Crippen molar-refractivity contribution in [1.29, 1.82) is 5.26 Å². The monoisotopic (exact) mass is 248 g/mol. The van der Waals surface area contributed by atoms with Crippen molar-refractivity contribution < 1.29 is 4.74 Å². The lowest BCUT2D eigenvalue weighted by Gasteiger charge is -2.25. The smallest absolute Gasteiger partial charge is 0.144 e. The van der Waals surface area contributed by atoms with Gasteiger partial charge in [0.05, 0.1) is 17.4 Å². The molecular formula is C13H20N4O. The molecule has 0 radical (unpaired) electrons. The van der Waals surface area contributed by atoms with Crippen molar-refractivity contribution in [1.82, 2.24) is 4.98 Å². The Balaban J connectivity index is 2.66. The lowest BCUT2D eigenvalue weighted by molar-refractivity contribution is 0.157. The van der Waals surface area contributed by atoms with Crippen molar-refractivity contribution in [2.75, 3.05) is 31.3 Å². The van der Waals surface area contributed by atoms with Gasteiger partial charge in [0.1, 0.15) is 11.9 Å². The second-order valence-electron chi connectivity index (χ2n) is 5.04. The molecule has 5 heteroatoms. The molecule has 1 aromatic heterocycles. The Morgan fingerprint density at radius 1 is 1.56 bits per heavy atom. The fraction of sp³-hybridized carbons (Fsp3) is 0.538. The Hall–Kier alpha value is -1.80. The number of hydrogen-bond donors (Lipinski definition) is 2. The van der Waals surface area contributed by atoms with Crippen LogP contribution >= 0.6 is 0 Å². The van der Waals surface area contributed by atoms with Crippen molar-refractivity contribution in [3.8, 4) is 6.07 Å².